The average Bonchev–Trinajstić information content (AvgIpc) is 3.24. The van der Waals surface area contributed by atoms with Crippen molar-refractivity contribution in [3.63, 3.8) is 0 Å². The Hall–Kier alpha value is -3.02. The van der Waals surface area contributed by atoms with E-state index in [1.165, 1.54) is 0 Å². The Morgan fingerprint density at radius 1 is 0.949 bits per heavy atom. The lowest BCUT2D eigenvalue weighted by Gasteiger charge is -2.36. The molecule has 0 unspecified atom stereocenters. The van der Waals surface area contributed by atoms with E-state index in [2.05, 4.69) is 59.0 Å². The van der Waals surface area contributed by atoms with Crippen molar-refractivity contribution >= 4 is 17.6 Å². The lowest BCUT2D eigenvalue weighted by Crippen LogP contribution is -2.49. The van der Waals surface area contributed by atoms with Gasteiger partial charge >= 0.3 is 5.97 Å². The molecule has 0 bridgehead atoms. The summed E-state index contributed by atoms with van der Waals surface area (Å²) in [6.07, 6.45) is 4.80. The molecule has 6 nitrogen and oxygen atoms in total. The second-order valence-electron chi connectivity index (χ2n) is 13.4. The second-order valence-corrected chi connectivity index (χ2v) is 13.4. The van der Waals surface area contributed by atoms with Gasteiger partial charge in [-0.05, 0) is 46.9 Å². The summed E-state index contributed by atoms with van der Waals surface area (Å²) in [5.74, 6) is -0.753. The Balaban J connectivity index is 1.90. The van der Waals surface area contributed by atoms with Gasteiger partial charge in [-0.2, -0.15) is 0 Å². The van der Waals surface area contributed by atoms with Crippen molar-refractivity contribution in [3.05, 3.63) is 59.7 Å². The van der Waals surface area contributed by atoms with Gasteiger partial charge in [-0.3, -0.25) is 4.79 Å². The van der Waals surface area contributed by atoms with E-state index in [0.29, 0.717) is 5.75 Å². The Kier molecular flexibility index (Phi) is 8.34. The van der Waals surface area contributed by atoms with Gasteiger partial charge in [0.25, 0.3) is 0 Å². The predicted octanol–water partition coefficient (Wildman–Crippen LogP) is 7.05. The van der Waals surface area contributed by atoms with Crippen molar-refractivity contribution in [1.82, 2.24) is 4.90 Å². The van der Waals surface area contributed by atoms with Crippen molar-refractivity contribution in [2.75, 3.05) is 12.4 Å². The van der Waals surface area contributed by atoms with Crippen LogP contribution in [0.25, 0.3) is 0 Å². The molecule has 2 aliphatic rings. The highest BCUT2D eigenvalue weighted by atomic mass is 16.5. The first-order chi connectivity index (χ1) is 18.3. The molecule has 2 N–H and O–H groups in total. The van der Waals surface area contributed by atoms with Crippen LogP contribution in [-0.4, -0.2) is 41.1 Å². The van der Waals surface area contributed by atoms with E-state index in [-0.39, 0.29) is 29.2 Å². The molecule has 0 spiro atoms. The molecule has 2 aromatic carbocycles. The third-order valence-electron chi connectivity index (χ3n) is 8.66. The number of amides is 1. The number of nitrogens with zero attached hydrogens (tertiary/aromatic N) is 1. The quantitative estimate of drug-likeness (QED) is 0.415. The van der Waals surface area contributed by atoms with Gasteiger partial charge in [0.05, 0.1) is 24.9 Å². The molecule has 1 saturated carbocycles. The number of likely N-dealkylation sites (tertiary alicyclic amines) is 1. The van der Waals surface area contributed by atoms with Crippen LogP contribution in [-0.2, 0) is 15.0 Å². The zero-order chi connectivity index (χ0) is 28.5. The van der Waals surface area contributed by atoms with Crippen molar-refractivity contribution in [1.29, 1.82) is 0 Å². The fraction of sp³-hybridized carbons (Fsp3) is 0.576. The topological polar surface area (TPSA) is 78.9 Å². The minimum Gasteiger partial charge on any atom is -0.495 e. The molecule has 2 aromatic rings. The number of hydrogen-bond donors (Lipinski definition) is 2. The molecule has 1 amide bonds. The number of methoxy groups -OCH3 is 1. The summed E-state index contributed by atoms with van der Waals surface area (Å²) in [5.41, 5.74) is 2.44. The van der Waals surface area contributed by atoms with Gasteiger partial charge in [0.2, 0.25) is 5.91 Å². The third-order valence-corrected chi connectivity index (χ3v) is 8.66. The van der Waals surface area contributed by atoms with Gasteiger partial charge < -0.3 is 20.1 Å². The van der Waals surface area contributed by atoms with Gasteiger partial charge in [-0.15, -0.1) is 0 Å². The maximum absolute atomic E-state index is 14.3. The highest BCUT2D eigenvalue weighted by Gasteiger charge is 2.58. The van der Waals surface area contributed by atoms with Crippen molar-refractivity contribution < 1.29 is 19.4 Å². The first kappa shape index (κ1) is 29.0. The number of carbonyl (C=O) groups is 2. The zero-order valence-electron chi connectivity index (χ0n) is 24.7. The lowest BCUT2D eigenvalue weighted by atomic mass is 9.72. The molecule has 2 fully saturated rings. The lowest BCUT2D eigenvalue weighted by molar-refractivity contribution is -0.154. The predicted molar refractivity (Wildman–Crippen MR) is 156 cm³/mol. The first-order valence-corrected chi connectivity index (χ1v) is 14.4. The summed E-state index contributed by atoms with van der Waals surface area (Å²) in [5, 5.41) is 14.5. The van der Waals surface area contributed by atoms with E-state index in [9.17, 15) is 14.7 Å². The number of benzene rings is 2. The number of carboxylic acid groups (broad SMARTS) is 1. The SMILES string of the molecule is COc1ccc(C(C)(C)C)cc1N[C@H]1[C@H](C(C)(C)C)[C@@H](C(=O)O)N(C(=O)C2CCCCC2)[C@H]1c1ccccc1. The number of anilines is 1. The van der Waals surface area contributed by atoms with E-state index < -0.39 is 23.5 Å². The first-order valence-electron chi connectivity index (χ1n) is 14.4. The fourth-order valence-electron chi connectivity index (χ4n) is 6.68. The van der Waals surface area contributed by atoms with Crippen molar-refractivity contribution in [2.24, 2.45) is 17.3 Å². The Morgan fingerprint density at radius 3 is 2.13 bits per heavy atom. The Morgan fingerprint density at radius 2 is 1.59 bits per heavy atom. The molecular formula is C33H46N2O4. The summed E-state index contributed by atoms with van der Waals surface area (Å²) in [6, 6.07) is 14.4. The highest BCUT2D eigenvalue weighted by molar-refractivity contribution is 5.87. The Labute approximate surface area is 234 Å². The largest absolute Gasteiger partial charge is 0.495 e. The molecule has 1 heterocycles. The molecule has 1 saturated heterocycles. The standard InChI is InChI=1S/C33H46N2O4/c1-32(2,3)23-18-19-25(39-7)24(20-23)34-27-26(33(4,5)6)29(31(37)38)35(28(27)21-14-10-8-11-15-21)30(36)22-16-12-9-13-17-22/h8,10-11,14-15,18-20,22,26-29,34H,9,12-13,16-17H2,1-7H3,(H,37,38)/t26-,27-,28-,29-/m0/s1. The van der Waals surface area contributed by atoms with Crippen LogP contribution in [0, 0.1) is 17.3 Å². The smallest absolute Gasteiger partial charge is 0.326 e. The van der Waals surface area contributed by atoms with Crippen LogP contribution in [0.3, 0.4) is 0 Å². The van der Waals surface area contributed by atoms with Gasteiger partial charge in [0.15, 0.2) is 0 Å². The normalized spacial score (nSPS) is 24.4. The fourth-order valence-corrected chi connectivity index (χ4v) is 6.68. The molecule has 1 aliphatic carbocycles. The van der Waals surface area contributed by atoms with Crippen LogP contribution in [0.4, 0.5) is 5.69 Å². The van der Waals surface area contributed by atoms with Crippen molar-refractivity contribution in [2.45, 2.75) is 97.2 Å². The number of carbonyl (C=O) groups excluding carboxylic acids is 1. The molecule has 212 valence electrons. The van der Waals surface area contributed by atoms with E-state index in [1.807, 2.05) is 36.4 Å². The number of aliphatic carboxylic acids is 1. The minimum atomic E-state index is -0.945. The van der Waals surface area contributed by atoms with Crippen LogP contribution in [0.5, 0.6) is 5.75 Å². The highest BCUT2D eigenvalue weighted by Crippen LogP contribution is 2.51. The molecule has 1 aliphatic heterocycles. The van der Waals surface area contributed by atoms with Gasteiger partial charge in [-0.1, -0.05) is 97.2 Å². The van der Waals surface area contributed by atoms with E-state index in [0.717, 1.165) is 48.9 Å². The summed E-state index contributed by atoms with van der Waals surface area (Å²) in [7, 11) is 1.65. The van der Waals surface area contributed by atoms with Crippen LogP contribution in [0.1, 0.15) is 90.8 Å². The summed E-state index contributed by atoms with van der Waals surface area (Å²) in [6.45, 7) is 12.8. The molecule has 4 rings (SSSR count). The summed E-state index contributed by atoms with van der Waals surface area (Å²) in [4.78, 5) is 29.1. The van der Waals surface area contributed by atoms with Crippen molar-refractivity contribution in [3.8, 4) is 5.75 Å². The minimum absolute atomic E-state index is 0.0232. The summed E-state index contributed by atoms with van der Waals surface area (Å²) < 4.78 is 5.77. The van der Waals surface area contributed by atoms with E-state index in [4.69, 9.17) is 4.74 Å². The van der Waals surface area contributed by atoms with E-state index in [1.54, 1.807) is 12.0 Å². The molecule has 0 radical (unpaired) electrons. The number of carboxylic acids is 1. The molecular weight excluding hydrogens is 488 g/mol. The van der Waals surface area contributed by atoms with E-state index >= 15 is 0 Å². The molecule has 39 heavy (non-hydrogen) atoms. The van der Waals surface area contributed by atoms with Gasteiger partial charge in [-0.25, -0.2) is 4.79 Å². The summed E-state index contributed by atoms with van der Waals surface area (Å²) >= 11 is 0. The van der Waals surface area contributed by atoms with Gasteiger partial charge in [0, 0.05) is 11.8 Å². The number of rotatable bonds is 6. The number of nitrogens with one attached hydrogen (secondary N) is 1. The van der Waals surface area contributed by atoms with Gasteiger partial charge in [0.1, 0.15) is 11.8 Å². The monoisotopic (exact) mass is 534 g/mol. The Bertz CT molecular complexity index is 1160. The van der Waals surface area contributed by atoms with Crippen LogP contribution in [0.2, 0.25) is 0 Å². The van der Waals surface area contributed by atoms with Crippen LogP contribution < -0.4 is 10.1 Å². The number of hydrogen-bond acceptors (Lipinski definition) is 4. The van der Waals surface area contributed by atoms with Crippen LogP contribution in [0.15, 0.2) is 48.5 Å². The second kappa shape index (κ2) is 11.2. The molecule has 0 aromatic heterocycles. The molecule has 6 heteroatoms. The maximum atomic E-state index is 14.3. The third kappa shape index (κ3) is 5.95. The van der Waals surface area contributed by atoms with Crippen LogP contribution >= 0.6 is 0 Å². The maximum Gasteiger partial charge on any atom is 0.326 e. The number of ether oxygens (including phenoxy) is 1. The zero-order valence-corrected chi connectivity index (χ0v) is 24.7. The average molecular weight is 535 g/mol. The molecule has 4 atom stereocenters.